The number of hydrogen-bond donors (Lipinski definition) is 0. The molecule has 0 saturated carbocycles. The van der Waals surface area contributed by atoms with E-state index in [0.29, 0.717) is 19.6 Å². The molecule has 0 radical (unpaired) electrons. The molecule has 0 N–H and O–H groups in total. The van der Waals surface area contributed by atoms with Crippen LogP contribution in [-0.2, 0) is 20.7 Å². The standard InChI is InChI=1S/C21H30O5/c1-3-20(11-23-12-20)15-25-18-8-7-17(6-5-9-22)10-19(18)26-16-21(4-2)13-24-14-21/h7-10H,3-6,11-16H2,1-2H3. The summed E-state index contributed by atoms with van der Waals surface area (Å²) in [7, 11) is 0. The molecular formula is C21H30O5. The lowest BCUT2D eigenvalue weighted by Gasteiger charge is -2.41. The van der Waals surface area contributed by atoms with Gasteiger partial charge in [0.2, 0.25) is 0 Å². The molecule has 2 saturated heterocycles. The Labute approximate surface area is 156 Å². The zero-order chi connectivity index (χ0) is 18.5. The van der Waals surface area contributed by atoms with Crippen LogP contribution < -0.4 is 9.47 Å². The van der Waals surface area contributed by atoms with Gasteiger partial charge in [-0.1, -0.05) is 19.9 Å². The molecule has 0 amide bonds. The van der Waals surface area contributed by atoms with E-state index in [0.717, 1.165) is 69.0 Å². The normalized spacial score (nSPS) is 19.9. The van der Waals surface area contributed by atoms with Crippen LogP contribution in [0, 0.1) is 10.8 Å². The fraction of sp³-hybridized carbons (Fsp3) is 0.667. The summed E-state index contributed by atoms with van der Waals surface area (Å²) in [4.78, 5) is 10.7. The van der Waals surface area contributed by atoms with Crippen LogP contribution in [0.2, 0.25) is 0 Å². The van der Waals surface area contributed by atoms with Crippen molar-refractivity contribution in [3.63, 3.8) is 0 Å². The van der Waals surface area contributed by atoms with Crippen molar-refractivity contribution in [2.24, 2.45) is 10.8 Å². The predicted molar refractivity (Wildman–Crippen MR) is 98.9 cm³/mol. The lowest BCUT2D eigenvalue weighted by atomic mass is 9.84. The predicted octanol–water partition coefficient (Wildman–Crippen LogP) is 3.43. The molecule has 5 heteroatoms. The van der Waals surface area contributed by atoms with E-state index in [2.05, 4.69) is 13.8 Å². The molecular weight excluding hydrogens is 332 g/mol. The van der Waals surface area contributed by atoms with Gasteiger partial charge in [-0.2, -0.15) is 0 Å². The minimum Gasteiger partial charge on any atom is -0.489 e. The maximum absolute atomic E-state index is 10.7. The SMILES string of the molecule is CCC1(COc2ccc(CCC=O)cc2OCC2(CC)COC2)COC1. The number of carbonyl (C=O) groups excluding carboxylic acids is 1. The molecule has 0 bridgehead atoms. The summed E-state index contributed by atoms with van der Waals surface area (Å²) in [5, 5.41) is 0. The molecule has 2 fully saturated rings. The van der Waals surface area contributed by atoms with Gasteiger partial charge in [0.05, 0.1) is 50.5 Å². The lowest BCUT2D eigenvalue weighted by Crippen LogP contribution is -2.47. The monoisotopic (exact) mass is 362 g/mol. The van der Waals surface area contributed by atoms with Crippen LogP contribution >= 0.6 is 0 Å². The van der Waals surface area contributed by atoms with Crippen molar-refractivity contribution in [2.45, 2.75) is 39.5 Å². The molecule has 0 aliphatic carbocycles. The van der Waals surface area contributed by atoms with Gasteiger partial charge in [-0.05, 0) is 37.0 Å². The first-order valence-electron chi connectivity index (χ1n) is 9.62. The maximum atomic E-state index is 10.7. The number of rotatable bonds is 11. The van der Waals surface area contributed by atoms with E-state index in [9.17, 15) is 4.79 Å². The summed E-state index contributed by atoms with van der Waals surface area (Å²) in [6, 6.07) is 6.00. The number of hydrogen-bond acceptors (Lipinski definition) is 5. The van der Waals surface area contributed by atoms with E-state index in [4.69, 9.17) is 18.9 Å². The van der Waals surface area contributed by atoms with Crippen LogP contribution in [0.3, 0.4) is 0 Å². The number of aryl methyl sites for hydroxylation is 1. The lowest BCUT2D eigenvalue weighted by molar-refractivity contribution is -0.136. The highest BCUT2D eigenvalue weighted by Crippen LogP contribution is 2.37. The third kappa shape index (κ3) is 4.21. The maximum Gasteiger partial charge on any atom is 0.161 e. The summed E-state index contributed by atoms with van der Waals surface area (Å²) in [5.74, 6) is 1.53. The van der Waals surface area contributed by atoms with Crippen LogP contribution in [0.5, 0.6) is 11.5 Å². The van der Waals surface area contributed by atoms with Crippen molar-refractivity contribution in [3.05, 3.63) is 23.8 Å². The Morgan fingerprint density at radius 1 is 0.962 bits per heavy atom. The smallest absolute Gasteiger partial charge is 0.161 e. The highest BCUT2D eigenvalue weighted by molar-refractivity contribution is 5.51. The van der Waals surface area contributed by atoms with Crippen molar-refractivity contribution in [2.75, 3.05) is 39.6 Å². The fourth-order valence-corrected chi connectivity index (χ4v) is 3.19. The molecule has 0 unspecified atom stereocenters. The molecule has 2 aliphatic rings. The van der Waals surface area contributed by atoms with Gasteiger partial charge >= 0.3 is 0 Å². The summed E-state index contributed by atoms with van der Waals surface area (Å²) in [6.45, 7) is 8.62. The second kappa shape index (κ2) is 8.40. The Bertz CT molecular complexity index is 593. The fourth-order valence-electron chi connectivity index (χ4n) is 3.19. The van der Waals surface area contributed by atoms with Gasteiger partial charge < -0.3 is 23.7 Å². The Hall–Kier alpha value is -1.59. The van der Waals surface area contributed by atoms with E-state index in [1.165, 1.54) is 0 Å². The number of ether oxygens (including phenoxy) is 4. The van der Waals surface area contributed by atoms with E-state index in [-0.39, 0.29) is 10.8 Å². The minimum atomic E-state index is 0.114. The van der Waals surface area contributed by atoms with Crippen molar-refractivity contribution < 1.29 is 23.7 Å². The van der Waals surface area contributed by atoms with Crippen molar-refractivity contribution in [1.29, 1.82) is 0 Å². The molecule has 5 nitrogen and oxygen atoms in total. The summed E-state index contributed by atoms with van der Waals surface area (Å²) >= 11 is 0. The van der Waals surface area contributed by atoms with Gasteiger partial charge in [-0.3, -0.25) is 0 Å². The van der Waals surface area contributed by atoms with Gasteiger partial charge in [0.25, 0.3) is 0 Å². The molecule has 3 rings (SSSR count). The Morgan fingerprint density at radius 3 is 2.00 bits per heavy atom. The van der Waals surface area contributed by atoms with Gasteiger partial charge in [0.15, 0.2) is 11.5 Å². The van der Waals surface area contributed by atoms with Crippen molar-refractivity contribution in [3.8, 4) is 11.5 Å². The quantitative estimate of drug-likeness (QED) is 0.565. The largest absolute Gasteiger partial charge is 0.489 e. The molecule has 0 aromatic heterocycles. The second-order valence-electron chi connectivity index (χ2n) is 7.76. The van der Waals surface area contributed by atoms with Crippen LogP contribution in [0.15, 0.2) is 18.2 Å². The summed E-state index contributed by atoms with van der Waals surface area (Å²) in [5.41, 5.74) is 1.33. The third-order valence-corrected chi connectivity index (χ3v) is 5.76. The molecule has 0 atom stereocenters. The Kier molecular flexibility index (Phi) is 6.20. The van der Waals surface area contributed by atoms with Gasteiger partial charge in [-0.25, -0.2) is 0 Å². The zero-order valence-corrected chi connectivity index (χ0v) is 15.9. The first-order chi connectivity index (χ1) is 12.6. The van der Waals surface area contributed by atoms with E-state index in [1.807, 2.05) is 18.2 Å². The summed E-state index contributed by atoms with van der Waals surface area (Å²) in [6.07, 6.45) is 4.25. The second-order valence-corrected chi connectivity index (χ2v) is 7.76. The summed E-state index contributed by atoms with van der Waals surface area (Å²) < 4.78 is 23.1. The molecule has 144 valence electrons. The van der Waals surface area contributed by atoms with Crippen LogP contribution in [-0.4, -0.2) is 45.9 Å². The number of benzene rings is 1. The molecule has 2 aliphatic heterocycles. The average Bonchev–Trinajstić information content (AvgIpc) is 2.60. The molecule has 1 aromatic carbocycles. The zero-order valence-electron chi connectivity index (χ0n) is 15.9. The first kappa shape index (κ1) is 19.2. The number of aldehydes is 1. The van der Waals surface area contributed by atoms with Crippen molar-refractivity contribution >= 4 is 6.29 Å². The molecule has 2 heterocycles. The first-order valence-corrected chi connectivity index (χ1v) is 9.62. The number of carbonyl (C=O) groups is 1. The molecule has 0 spiro atoms. The topological polar surface area (TPSA) is 54.0 Å². The highest BCUT2D eigenvalue weighted by Gasteiger charge is 2.39. The van der Waals surface area contributed by atoms with Crippen LogP contribution in [0.25, 0.3) is 0 Å². The molecule has 1 aromatic rings. The van der Waals surface area contributed by atoms with E-state index >= 15 is 0 Å². The van der Waals surface area contributed by atoms with Gasteiger partial charge in [0, 0.05) is 6.42 Å². The van der Waals surface area contributed by atoms with Crippen molar-refractivity contribution in [1.82, 2.24) is 0 Å². The molecule has 26 heavy (non-hydrogen) atoms. The van der Waals surface area contributed by atoms with Gasteiger partial charge in [-0.15, -0.1) is 0 Å². The van der Waals surface area contributed by atoms with E-state index < -0.39 is 0 Å². The van der Waals surface area contributed by atoms with E-state index in [1.54, 1.807) is 0 Å². The highest BCUT2D eigenvalue weighted by atomic mass is 16.5. The Balaban J connectivity index is 1.70. The Morgan fingerprint density at radius 2 is 1.54 bits per heavy atom. The minimum absolute atomic E-state index is 0.114. The van der Waals surface area contributed by atoms with Gasteiger partial charge in [0.1, 0.15) is 6.29 Å². The van der Waals surface area contributed by atoms with Crippen LogP contribution in [0.4, 0.5) is 0 Å². The average molecular weight is 362 g/mol. The van der Waals surface area contributed by atoms with Crippen LogP contribution in [0.1, 0.15) is 38.7 Å². The third-order valence-electron chi connectivity index (χ3n) is 5.76.